The molecule has 4 aliphatic heterocycles. The molecule has 0 unspecified atom stereocenters. The number of rotatable bonds is 12. The average Bonchev–Trinajstić information content (AvgIpc) is 3.64. The topological polar surface area (TPSA) is 168 Å². The van der Waals surface area contributed by atoms with Crippen molar-refractivity contribution in [2.75, 3.05) is 121 Å². The molecular weight excluding hydrogens is 827 g/mol. The van der Waals surface area contributed by atoms with Crippen molar-refractivity contribution in [3.63, 3.8) is 0 Å². The third-order valence-electron chi connectivity index (χ3n) is 11.5. The summed E-state index contributed by atoms with van der Waals surface area (Å²) in [6, 6.07) is 8.78. The second-order valence-corrected chi connectivity index (χ2v) is 19.7. The predicted molar refractivity (Wildman–Crippen MR) is 272 cm³/mol. The number of anilines is 4. The minimum absolute atomic E-state index is 0.0329. The molecule has 0 radical (unpaired) electrons. The molecule has 4 saturated heterocycles. The van der Waals surface area contributed by atoms with Crippen LogP contribution in [-0.2, 0) is 4.74 Å². The van der Waals surface area contributed by atoms with Gasteiger partial charge in [0, 0.05) is 101 Å². The second-order valence-electron chi connectivity index (χ2n) is 19.7. The molecule has 4 fully saturated rings. The van der Waals surface area contributed by atoms with Gasteiger partial charge in [0.15, 0.2) is 0 Å². The summed E-state index contributed by atoms with van der Waals surface area (Å²) in [4.78, 5) is 20.0. The Morgan fingerprint density at radius 1 is 0.708 bits per heavy atom. The van der Waals surface area contributed by atoms with Gasteiger partial charge in [-0.1, -0.05) is 26.8 Å². The summed E-state index contributed by atoms with van der Waals surface area (Å²) in [5.74, 6) is 0.840. The lowest BCUT2D eigenvalue weighted by Gasteiger charge is -2.34. The number of hydrogen-bond acceptors (Lipinski definition) is 14. The summed E-state index contributed by atoms with van der Waals surface area (Å²) in [7, 11) is 2.19. The molecule has 0 amide bonds. The van der Waals surface area contributed by atoms with E-state index in [2.05, 4.69) is 130 Å². The van der Waals surface area contributed by atoms with Crippen LogP contribution in [0.3, 0.4) is 0 Å². The number of pyridine rings is 1. The minimum atomic E-state index is -2.40. The molecule has 0 aliphatic carbocycles. The van der Waals surface area contributed by atoms with E-state index in [9.17, 15) is 8.78 Å². The van der Waals surface area contributed by atoms with Gasteiger partial charge in [-0.05, 0) is 140 Å². The van der Waals surface area contributed by atoms with Crippen LogP contribution >= 0.6 is 0 Å². The number of ether oxygens (including phenoxy) is 1. The van der Waals surface area contributed by atoms with Crippen LogP contribution in [0.1, 0.15) is 122 Å². The number of aromatic nitrogens is 4. The summed E-state index contributed by atoms with van der Waals surface area (Å²) in [6.07, 6.45) is 4.12. The first kappa shape index (κ1) is 60.1. The highest BCUT2D eigenvalue weighted by Crippen LogP contribution is 2.28. The number of piperazine rings is 1. The number of nitrogens with two attached hydrogens (primary N) is 2. The van der Waals surface area contributed by atoms with Gasteiger partial charge in [0.25, 0.3) is 5.92 Å². The van der Waals surface area contributed by atoms with Crippen LogP contribution in [-0.4, -0.2) is 186 Å². The first-order valence-corrected chi connectivity index (χ1v) is 24.8. The molecular formula is C48H98F2N14O. The Labute approximate surface area is 395 Å². The van der Waals surface area contributed by atoms with Crippen molar-refractivity contribution in [2.24, 2.45) is 5.92 Å². The van der Waals surface area contributed by atoms with E-state index in [0.29, 0.717) is 55.0 Å². The van der Waals surface area contributed by atoms with E-state index in [-0.39, 0.29) is 12.8 Å². The molecule has 0 bridgehead atoms. The van der Waals surface area contributed by atoms with Crippen LogP contribution in [0.25, 0.3) is 0 Å². The lowest BCUT2D eigenvalue weighted by molar-refractivity contribution is -0.0603. The first-order valence-electron chi connectivity index (χ1n) is 24.8. The standard InChI is InChI=1S/C10H22N2O.C9H19N.C8H15F2N.C8H13N3.C8H18N2.C5H11N5/c1-10(2)11-4-3-5-12-6-8-13-9-7-12;1-8(2)10-6-4-9(3)5-7-10;1-7(2)11-5-3-8(9,10)4-6-11;1-6(2)10-8-5-3-4-7(9)11-8;1-8(2)10-6-4-9(3)5-7-10;1-3(2)7-5-8-4(6)9-10-5/h10-11H,3-9H2,1-2H3;8-9H,4-7H2,1-3H3;7H,3-6H2,1-2H3;3-6H,1-2H3,(H3,9,10,11);8H,4-7H2,1-3H3;3H,1-2H3,(H4,6,7,8,9,10). The van der Waals surface area contributed by atoms with Crippen molar-refractivity contribution in [3.05, 3.63) is 18.2 Å². The fraction of sp³-hybridized carbons (Fsp3) is 0.854. The SMILES string of the molecule is CC(C)N1CCC(F)(F)CC1.CC(C)N1CCN(C)CC1.CC(C)NCCCN1CCOCC1.CC(C)Nc1cccc(N)n1.CC(C)Nc1n[nH]c(N)n1.CC1CCN(C(C)C)CC1. The lowest BCUT2D eigenvalue weighted by Crippen LogP contribution is -2.47. The Hall–Kier alpha value is -2.93. The zero-order chi connectivity index (χ0) is 49.0. The lowest BCUT2D eigenvalue weighted by atomic mass is 9.98. The van der Waals surface area contributed by atoms with E-state index < -0.39 is 5.92 Å². The van der Waals surface area contributed by atoms with E-state index in [1.54, 1.807) is 6.07 Å². The molecule has 2 aromatic heterocycles. The van der Waals surface area contributed by atoms with Crippen molar-refractivity contribution in [2.45, 2.75) is 164 Å². The van der Waals surface area contributed by atoms with Crippen molar-refractivity contribution < 1.29 is 13.5 Å². The number of hydrogen-bond donors (Lipinski definition) is 6. The van der Waals surface area contributed by atoms with E-state index in [4.69, 9.17) is 16.2 Å². The molecule has 380 valence electrons. The van der Waals surface area contributed by atoms with Crippen molar-refractivity contribution in [3.8, 4) is 0 Å². The number of likely N-dealkylation sites (N-methyl/N-ethyl adjacent to an activating group) is 1. The number of H-pyrrole nitrogens is 1. The van der Waals surface area contributed by atoms with Gasteiger partial charge in [-0.3, -0.25) is 9.80 Å². The fourth-order valence-electron chi connectivity index (χ4n) is 7.19. The van der Waals surface area contributed by atoms with E-state index in [1.165, 1.54) is 65.1 Å². The highest BCUT2D eigenvalue weighted by molar-refractivity contribution is 5.42. The minimum Gasteiger partial charge on any atom is -0.384 e. The van der Waals surface area contributed by atoms with Gasteiger partial charge in [-0.2, -0.15) is 4.98 Å². The normalized spacial score (nSPS) is 19.0. The predicted octanol–water partition coefficient (Wildman–Crippen LogP) is 7.29. The van der Waals surface area contributed by atoms with Gasteiger partial charge in [0.05, 0.1) is 13.2 Å². The molecule has 17 heteroatoms. The maximum Gasteiger partial charge on any atom is 0.250 e. The summed E-state index contributed by atoms with van der Waals surface area (Å²) in [5.41, 5.74) is 10.8. The molecule has 15 nitrogen and oxygen atoms in total. The molecule has 6 rings (SSSR count). The Balaban J connectivity index is 0.000000391. The Bertz CT molecular complexity index is 1390. The van der Waals surface area contributed by atoms with Gasteiger partial charge >= 0.3 is 0 Å². The summed E-state index contributed by atoms with van der Waals surface area (Å²) in [6.45, 7) is 43.2. The van der Waals surface area contributed by atoms with E-state index in [0.717, 1.165) is 56.7 Å². The molecule has 6 heterocycles. The summed E-state index contributed by atoms with van der Waals surface area (Å²) in [5, 5.41) is 15.9. The molecule has 8 N–H and O–H groups in total. The number of halogens is 2. The van der Waals surface area contributed by atoms with Gasteiger partial charge in [0.1, 0.15) is 11.6 Å². The fourth-order valence-corrected chi connectivity index (χ4v) is 7.19. The molecule has 2 aromatic rings. The van der Waals surface area contributed by atoms with Gasteiger partial charge in [0.2, 0.25) is 11.9 Å². The number of piperidine rings is 2. The van der Waals surface area contributed by atoms with Crippen LogP contribution in [0, 0.1) is 5.92 Å². The number of alkyl halides is 2. The number of morpholine rings is 1. The zero-order valence-electron chi connectivity index (χ0n) is 43.6. The van der Waals surface area contributed by atoms with Crippen molar-refractivity contribution in [1.29, 1.82) is 0 Å². The van der Waals surface area contributed by atoms with Gasteiger partial charge in [-0.25, -0.2) is 18.9 Å². The largest absolute Gasteiger partial charge is 0.384 e. The number of nitrogens with one attached hydrogen (secondary N) is 4. The average molecular weight is 925 g/mol. The number of likely N-dealkylation sites (tertiary alicyclic amines) is 2. The van der Waals surface area contributed by atoms with Crippen LogP contribution in [0.4, 0.5) is 32.3 Å². The molecule has 4 aliphatic rings. The highest BCUT2D eigenvalue weighted by atomic mass is 19.3. The number of nitrogens with zero attached hydrogens (tertiary/aromatic N) is 8. The third kappa shape index (κ3) is 30.9. The second kappa shape index (κ2) is 33.5. The Kier molecular flexibility index (Phi) is 31.0. The summed E-state index contributed by atoms with van der Waals surface area (Å²) < 4.78 is 30.5. The van der Waals surface area contributed by atoms with Gasteiger partial charge < -0.3 is 46.9 Å². The van der Waals surface area contributed by atoms with Crippen LogP contribution < -0.4 is 27.4 Å². The first-order chi connectivity index (χ1) is 30.6. The van der Waals surface area contributed by atoms with E-state index >= 15 is 0 Å². The monoisotopic (exact) mass is 925 g/mol. The maximum atomic E-state index is 12.6. The number of nitrogen functional groups attached to an aromatic ring is 2. The Morgan fingerprint density at radius 2 is 1.23 bits per heavy atom. The van der Waals surface area contributed by atoms with E-state index in [1.807, 2.05) is 39.8 Å². The van der Waals surface area contributed by atoms with Crippen LogP contribution in [0.2, 0.25) is 0 Å². The Morgan fingerprint density at radius 3 is 1.69 bits per heavy atom. The molecule has 0 spiro atoms. The zero-order valence-corrected chi connectivity index (χ0v) is 43.6. The summed E-state index contributed by atoms with van der Waals surface area (Å²) >= 11 is 0. The van der Waals surface area contributed by atoms with Crippen LogP contribution in [0.15, 0.2) is 18.2 Å². The quantitative estimate of drug-likeness (QED) is 0.117. The molecule has 0 atom stereocenters. The highest BCUT2D eigenvalue weighted by Gasteiger charge is 2.34. The molecule has 0 saturated carbocycles. The van der Waals surface area contributed by atoms with Crippen molar-refractivity contribution in [1.82, 2.24) is 50.0 Å². The van der Waals surface area contributed by atoms with Gasteiger partial charge in [-0.15, -0.1) is 5.10 Å². The maximum absolute atomic E-state index is 12.6. The van der Waals surface area contributed by atoms with Crippen LogP contribution in [0.5, 0.6) is 0 Å². The number of aromatic amines is 1. The molecule has 65 heavy (non-hydrogen) atoms. The molecule has 0 aromatic carbocycles. The van der Waals surface area contributed by atoms with Crippen molar-refractivity contribution >= 4 is 23.5 Å². The smallest absolute Gasteiger partial charge is 0.250 e. The third-order valence-corrected chi connectivity index (χ3v) is 11.5.